The van der Waals surface area contributed by atoms with Gasteiger partial charge in [0.1, 0.15) is 11.9 Å². The van der Waals surface area contributed by atoms with E-state index >= 15 is 0 Å². The normalized spacial score (nSPS) is 22.9. The summed E-state index contributed by atoms with van der Waals surface area (Å²) >= 11 is 0. The van der Waals surface area contributed by atoms with Crippen molar-refractivity contribution in [3.63, 3.8) is 0 Å². The number of rotatable bonds is 6. The second-order valence-corrected chi connectivity index (χ2v) is 10.4. The molecule has 0 radical (unpaired) electrons. The molecule has 1 aliphatic heterocycles. The van der Waals surface area contributed by atoms with E-state index in [1.165, 1.54) is 11.9 Å². The smallest absolute Gasteiger partial charge is 0.381 e. The number of methoxy groups -OCH3 is 1. The Kier molecular flexibility index (Phi) is 6.96. The van der Waals surface area contributed by atoms with Crippen molar-refractivity contribution < 1.29 is 22.7 Å². The van der Waals surface area contributed by atoms with Crippen LogP contribution >= 0.6 is 0 Å². The second-order valence-electron chi connectivity index (χ2n) is 10.4. The summed E-state index contributed by atoms with van der Waals surface area (Å²) in [7, 11) is 3.25. The van der Waals surface area contributed by atoms with Gasteiger partial charge in [-0.15, -0.1) is 0 Å². The zero-order valence-corrected chi connectivity index (χ0v) is 20.7. The van der Waals surface area contributed by atoms with E-state index in [9.17, 15) is 18.0 Å². The highest BCUT2D eigenvalue weighted by atomic mass is 19.4. The van der Waals surface area contributed by atoms with Crippen molar-refractivity contribution in [2.24, 2.45) is 11.8 Å². The molecule has 9 heteroatoms. The van der Waals surface area contributed by atoms with Crippen LogP contribution < -0.4 is 10.2 Å². The molecule has 2 saturated carbocycles. The van der Waals surface area contributed by atoms with Gasteiger partial charge in [0.2, 0.25) is 5.91 Å². The van der Waals surface area contributed by atoms with Gasteiger partial charge in [0.05, 0.1) is 24.0 Å². The van der Waals surface area contributed by atoms with Crippen LogP contribution in [0.25, 0.3) is 0 Å². The molecular formula is C27H33F3N4O2. The molecule has 0 spiro atoms. The number of hydrogen-bond acceptors (Lipinski definition) is 5. The average Bonchev–Trinajstić information content (AvgIpc) is 3.69. The van der Waals surface area contributed by atoms with E-state index in [0.29, 0.717) is 30.9 Å². The minimum absolute atomic E-state index is 0.0426. The highest BCUT2D eigenvalue weighted by molar-refractivity contribution is 5.99. The van der Waals surface area contributed by atoms with Gasteiger partial charge in [0.25, 0.3) is 0 Å². The fourth-order valence-corrected chi connectivity index (χ4v) is 5.70. The Morgan fingerprint density at radius 3 is 2.61 bits per heavy atom. The van der Waals surface area contributed by atoms with Crippen LogP contribution in [-0.2, 0) is 22.6 Å². The van der Waals surface area contributed by atoms with E-state index in [1.54, 1.807) is 18.2 Å². The van der Waals surface area contributed by atoms with Crippen molar-refractivity contribution in [2.45, 2.75) is 69.9 Å². The summed E-state index contributed by atoms with van der Waals surface area (Å²) in [6.45, 7) is 0.513. The Morgan fingerprint density at radius 2 is 1.94 bits per heavy atom. The molecule has 2 aliphatic carbocycles. The third kappa shape index (κ3) is 5.22. The first-order chi connectivity index (χ1) is 17.2. The number of amides is 1. The number of carbonyl (C=O) groups excluding carboxylic acids is 1. The largest absolute Gasteiger partial charge is 0.404 e. The van der Waals surface area contributed by atoms with Gasteiger partial charge >= 0.3 is 6.18 Å². The van der Waals surface area contributed by atoms with Gasteiger partial charge in [0, 0.05) is 31.3 Å². The van der Waals surface area contributed by atoms with E-state index in [-0.39, 0.29) is 30.4 Å². The first-order valence-corrected chi connectivity index (χ1v) is 12.7. The van der Waals surface area contributed by atoms with Crippen LogP contribution in [-0.4, -0.2) is 48.3 Å². The molecule has 2 aromatic rings. The molecule has 6 nitrogen and oxygen atoms in total. The second kappa shape index (κ2) is 10.0. The molecule has 1 aromatic carbocycles. The number of carbonyl (C=O) groups is 1. The SMILES string of the molecule is CO[C@H]1CC[C@@H](C(=O)N2Cc3cccnc3Nc3ccc(CN(C)C(C4CC4)C(F)(F)F)cc32)CC1. The molecule has 1 amide bonds. The third-order valence-electron chi connectivity index (χ3n) is 7.76. The number of halogens is 3. The number of anilines is 3. The summed E-state index contributed by atoms with van der Waals surface area (Å²) in [5.41, 5.74) is 3.06. The van der Waals surface area contributed by atoms with Gasteiger partial charge in [0.15, 0.2) is 0 Å². The molecule has 0 saturated heterocycles. The van der Waals surface area contributed by atoms with Crippen molar-refractivity contribution in [3.05, 3.63) is 47.7 Å². The summed E-state index contributed by atoms with van der Waals surface area (Å²) in [5.74, 6) is 0.283. The lowest BCUT2D eigenvalue weighted by Gasteiger charge is -2.32. The summed E-state index contributed by atoms with van der Waals surface area (Å²) in [4.78, 5) is 21.5. The maximum atomic E-state index is 13.8. The highest BCUT2D eigenvalue weighted by Gasteiger charge is 2.50. The van der Waals surface area contributed by atoms with Crippen LogP contribution in [0.5, 0.6) is 0 Å². The lowest BCUT2D eigenvalue weighted by molar-refractivity contribution is -0.187. The predicted molar refractivity (Wildman–Crippen MR) is 132 cm³/mol. The Bertz CT molecular complexity index is 1100. The topological polar surface area (TPSA) is 57.7 Å². The van der Waals surface area contributed by atoms with Gasteiger partial charge < -0.3 is 15.0 Å². The van der Waals surface area contributed by atoms with E-state index in [4.69, 9.17) is 4.74 Å². The Hall–Kier alpha value is -2.65. The van der Waals surface area contributed by atoms with E-state index in [1.807, 2.05) is 30.3 Å². The maximum Gasteiger partial charge on any atom is 0.404 e. The molecule has 1 unspecified atom stereocenters. The van der Waals surface area contributed by atoms with E-state index < -0.39 is 12.2 Å². The number of ether oxygens (including phenoxy) is 1. The first kappa shape index (κ1) is 25.0. The monoisotopic (exact) mass is 502 g/mol. The molecule has 1 atom stereocenters. The minimum Gasteiger partial charge on any atom is -0.381 e. The minimum atomic E-state index is -4.26. The summed E-state index contributed by atoms with van der Waals surface area (Å²) in [6, 6.07) is 7.90. The molecule has 1 N–H and O–H groups in total. The Labute approximate surface area is 209 Å². The van der Waals surface area contributed by atoms with Crippen LogP contribution in [0.4, 0.5) is 30.4 Å². The fourth-order valence-electron chi connectivity index (χ4n) is 5.70. The van der Waals surface area contributed by atoms with Crippen LogP contribution in [0.1, 0.15) is 49.7 Å². The number of hydrogen-bond donors (Lipinski definition) is 1. The quantitative estimate of drug-likeness (QED) is 0.553. The number of fused-ring (bicyclic) bond motifs is 2. The van der Waals surface area contributed by atoms with E-state index in [2.05, 4.69) is 10.3 Å². The third-order valence-corrected chi connectivity index (χ3v) is 7.76. The van der Waals surface area contributed by atoms with Crippen LogP contribution in [0.3, 0.4) is 0 Å². The van der Waals surface area contributed by atoms with Crippen molar-refractivity contribution in [1.82, 2.24) is 9.88 Å². The number of nitrogens with one attached hydrogen (secondary N) is 1. The Balaban J connectivity index is 1.44. The molecule has 2 fully saturated rings. The summed E-state index contributed by atoms with van der Waals surface area (Å²) < 4.78 is 46.7. The zero-order chi connectivity index (χ0) is 25.4. The molecule has 194 valence electrons. The zero-order valence-electron chi connectivity index (χ0n) is 20.7. The predicted octanol–water partition coefficient (Wildman–Crippen LogP) is 5.65. The van der Waals surface area contributed by atoms with Crippen molar-refractivity contribution >= 4 is 23.1 Å². The number of benzene rings is 1. The summed E-state index contributed by atoms with van der Waals surface area (Å²) in [6.07, 6.45) is 2.05. The first-order valence-electron chi connectivity index (χ1n) is 12.7. The van der Waals surface area contributed by atoms with Crippen molar-refractivity contribution in [2.75, 3.05) is 24.4 Å². The highest BCUT2D eigenvalue weighted by Crippen LogP contribution is 2.44. The average molecular weight is 503 g/mol. The number of aromatic nitrogens is 1. The van der Waals surface area contributed by atoms with Gasteiger partial charge in [-0.2, -0.15) is 13.2 Å². The van der Waals surface area contributed by atoms with Crippen LogP contribution in [0, 0.1) is 11.8 Å². The molecule has 1 aromatic heterocycles. The molecule has 2 heterocycles. The van der Waals surface area contributed by atoms with Gasteiger partial charge in [-0.05, 0) is 75.3 Å². The Morgan fingerprint density at radius 1 is 1.19 bits per heavy atom. The summed E-state index contributed by atoms with van der Waals surface area (Å²) in [5, 5.41) is 3.34. The molecule has 0 bridgehead atoms. The number of nitrogens with zero attached hydrogens (tertiary/aromatic N) is 3. The molecule has 36 heavy (non-hydrogen) atoms. The van der Waals surface area contributed by atoms with Crippen LogP contribution in [0.15, 0.2) is 36.5 Å². The standard InChI is InChI=1S/C27H33F3N4O2/c1-33(24(18-6-7-18)27(28,29)30)15-17-5-12-22-23(14-17)34(16-20-4-3-13-31-25(20)32-22)26(35)19-8-10-21(36-2)11-9-19/h3-5,12-14,18-19,21,24H,6-11,15-16H2,1-2H3,(H,31,32)/t19-,21+,24?. The maximum absolute atomic E-state index is 13.8. The number of alkyl halides is 3. The van der Waals surface area contributed by atoms with Gasteiger partial charge in [-0.1, -0.05) is 12.1 Å². The van der Waals surface area contributed by atoms with Crippen LogP contribution in [0.2, 0.25) is 0 Å². The lowest BCUT2D eigenvalue weighted by atomic mass is 9.86. The molecule has 3 aliphatic rings. The molecule has 5 rings (SSSR count). The van der Waals surface area contributed by atoms with Gasteiger partial charge in [-0.25, -0.2) is 4.98 Å². The molecular weight excluding hydrogens is 469 g/mol. The van der Waals surface area contributed by atoms with E-state index in [0.717, 1.165) is 42.5 Å². The van der Waals surface area contributed by atoms with Crippen molar-refractivity contribution in [3.8, 4) is 0 Å². The fraction of sp³-hybridized carbons (Fsp3) is 0.556. The van der Waals surface area contributed by atoms with Crippen molar-refractivity contribution in [1.29, 1.82) is 0 Å². The number of pyridine rings is 1. The van der Waals surface area contributed by atoms with Gasteiger partial charge in [-0.3, -0.25) is 9.69 Å². The lowest BCUT2D eigenvalue weighted by Crippen LogP contribution is -2.44.